The summed E-state index contributed by atoms with van der Waals surface area (Å²) in [5.74, 6) is 0.677. The first-order valence-electron chi connectivity index (χ1n) is 14.0. The number of carbonyl (C=O) groups excluding carboxylic acids is 1. The van der Waals surface area contributed by atoms with Crippen LogP contribution in [0.25, 0.3) is 11.3 Å². The fourth-order valence-electron chi connectivity index (χ4n) is 5.45. The average Bonchev–Trinajstić information content (AvgIpc) is 3.36. The predicted octanol–water partition coefficient (Wildman–Crippen LogP) is 4.80. The number of likely N-dealkylation sites (N-methyl/N-ethyl adjacent to an activating group) is 2. The number of anilines is 1. The van der Waals surface area contributed by atoms with Crippen molar-refractivity contribution in [1.82, 2.24) is 19.8 Å². The summed E-state index contributed by atoms with van der Waals surface area (Å²) < 4.78 is 35.3. The fraction of sp³-hybridized carbons (Fsp3) is 0.452. The van der Waals surface area contributed by atoms with Crippen molar-refractivity contribution in [3.63, 3.8) is 0 Å². The minimum atomic E-state index is -4.06. The number of aromatic nitrogens is 2. The Labute approximate surface area is 244 Å². The van der Waals surface area contributed by atoms with Crippen LogP contribution in [0.4, 0.5) is 5.95 Å². The van der Waals surface area contributed by atoms with E-state index in [0.717, 1.165) is 42.6 Å². The Hall–Kier alpha value is -3.34. The molecule has 0 radical (unpaired) electrons. The number of hydrogen-bond donors (Lipinski definition) is 1. The number of carbonyl (C=O) groups is 1. The molecule has 4 rings (SSSR count). The number of rotatable bonds is 12. The molecule has 1 aromatic heterocycles. The highest BCUT2D eigenvalue weighted by Crippen LogP contribution is 2.30. The first-order valence-corrected chi connectivity index (χ1v) is 15.5. The van der Waals surface area contributed by atoms with Crippen LogP contribution >= 0.6 is 0 Å². The van der Waals surface area contributed by atoms with E-state index in [9.17, 15) is 13.2 Å². The van der Waals surface area contributed by atoms with Crippen molar-refractivity contribution in [3.8, 4) is 17.1 Å². The smallest absolute Gasteiger partial charge is 0.264 e. The summed E-state index contributed by atoms with van der Waals surface area (Å²) in [7, 11) is 0.249. The number of nitrogens with zero attached hydrogens (tertiary/aromatic N) is 4. The number of sulfonamides is 1. The fourth-order valence-corrected chi connectivity index (χ4v) is 6.44. The lowest BCUT2D eigenvalue weighted by Crippen LogP contribution is -2.45. The van der Waals surface area contributed by atoms with Gasteiger partial charge in [-0.25, -0.2) is 18.1 Å². The van der Waals surface area contributed by atoms with Crippen LogP contribution in [-0.4, -0.2) is 80.3 Å². The lowest BCUT2D eigenvalue weighted by molar-refractivity contribution is 0.104. The molecule has 0 unspecified atom stereocenters. The van der Waals surface area contributed by atoms with Crippen LogP contribution in [-0.2, 0) is 10.0 Å². The third-order valence-corrected chi connectivity index (χ3v) is 8.98. The van der Waals surface area contributed by atoms with E-state index in [1.165, 1.54) is 18.2 Å². The zero-order valence-electron chi connectivity index (χ0n) is 24.8. The van der Waals surface area contributed by atoms with Gasteiger partial charge in [0.2, 0.25) is 11.8 Å². The highest BCUT2D eigenvalue weighted by Gasteiger charge is 2.29. The van der Waals surface area contributed by atoms with E-state index >= 15 is 0 Å². The number of nitrogens with one attached hydrogen (secondary N) is 1. The Morgan fingerprint density at radius 3 is 2.46 bits per heavy atom. The summed E-state index contributed by atoms with van der Waals surface area (Å²) in [4.78, 5) is 25.0. The normalized spacial score (nSPS) is 16.7. The summed E-state index contributed by atoms with van der Waals surface area (Å²) in [5, 5.41) is 0. The molecule has 2 heterocycles. The largest absolute Gasteiger partial charge is 0.476 e. The summed E-state index contributed by atoms with van der Waals surface area (Å²) in [5.41, 5.74) is 3.73. The molecule has 0 bridgehead atoms. The molecule has 10 heteroatoms. The molecule has 2 aromatic carbocycles. The number of aldehydes is 1. The second kappa shape index (κ2) is 13.1. The van der Waals surface area contributed by atoms with Gasteiger partial charge in [-0.2, -0.15) is 4.98 Å². The van der Waals surface area contributed by atoms with Gasteiger partial charge in [-0.15, -0.1) is 0 Å². The average molecular weight is 580 g/mol. The Morgan fingerprint density at radius 1 is 1.12 bits per heavy atom. The van der Waals surface area contributed by atoms with Gasteiger partial charge >= 0.3 is 0 Å². The first kappa shape index (κ1) is 30.6. The Balaban J connectivity index is 1.67. The maximum absolute atomic E-state index is 13.3. The van der Waals surface area contributed by atoms with Crippen molar-refractivity contribution in [2.75, 3.05) is 38.5 Å². The van der Waals surface area contributed by atoms with Gasteiger partial charge in [0.15, 0.2) is 0 Å². The van der Waals surface area contributed by atoms with Gasteiger partial charge in [-0.05, 0) is 76.5 Å². The molecule has 41 heavy (non-hydrogen) atoms. The lowest BCUT2D eigenvalue weighted by atomic mass is 10.00. The second-order valence-corrected chi connectivity index (χ2v) is 13.1. The summed E-state index contributed by atoms with van der Waals surface area (Å²) in [6, 6.07) is 14.2. The van der Waals surface area contributed by atoms with E-state index in [-0.39, 0.29) is 22.4 Å². The van der Waals surface area contributed by atoms with Crippen molar-refractivity contribution in [2.45, 2.75) is 57.5 Å². The summed E-state index contributed by atoms with van der Waals surface area (Å²) in [6.07, 6.45) is 2.68. The van der Waals surface area contributed by atoms with Crippen molar-refractivity contribution < 1.29 is 17.9 Å². The number of aryl methyl sites for hydroxylation is 2. The first-order chi connectivity index (χ1) is 19.5. The molecule has 3 aromatic rings. The second-order valence-electron chi connectivity index (χ2n) is 11.4. The van der Waals surface area contributed by atoms with Gasteiger partial charge in [-0.1, -0.05) is 44.2 Å². The zero-order chi connectivity index (χ0) is 29.7. The van der Waals surface area contributed by atoms with Crippen molar-refractivity contribution in [2.24, 2.45) is 5.92 Å². The van der Waals surface area contributed by atoms with Gasteiger partial charge in [0.05, 0.1) is 10.6 Å². The Morgan fingerprint density at radius 2 is 1.83 bits per heavy atom. The van der Waals surface area contributed by atoms with Gasteiger partial charge in [0.25, 0.3) is 10.0 Å². The maximum Gasteiger partial charge on any atom is 0.264 e. The third-order valence-electron chi connectivity index (χ3n) is 7.66. The molecule has 220 valence electrons. The zero-order valence-corrected chi connectivity index (χ0v) is 25.6. The number of benzene rings is 2. The van der Waals surface area contributed by atoms with E-state index in [2.05, 4.69) is 52.4 Å². The molecular weight excluding hydrogens is 538 g/mol. The molecule has 0 aliphatic carbocycles. The molecule has 0 amide bonds. The standard InChI is InChI=1S/C31H41N5O4S/c1-21(2)15-26(36(6)25-13-14-35(5)18-25)20-40-29-17-28(30-22(3)9-7-10-23(30)4)32-31(33-29)34-41(38,39)27-12-8-11-24(16-27)19-37/h7-12,16-17,19,21,25-26H,13-15,18,20H2,1-6H3,(H,32,33,34)/t25-,26+/m0/s1. The topological polar surface area (TPSA) is 105 Å². The highest BCUT2D eigenvalue weighted by molar-refractivity contribution is 7.92. The summed E-state index contributed by atoms with van der Waals surface area (Å²) >= 11 is 0. The van der Waals surface area contributed by atoms with Crippen LogP contribution in [0.2, 0.25) is 0 Å². The predicted molar refractivity (Wildman–Crippen MR) is 162 cm³/mol. The molecule has 0 spiro atoms. The number of ether oxygens (including phenoxy) is 1. The van der Waals surface area contributed by atoms with Crippen LogP contribution in [0.5, 0.6) is 5.88 Å². The van der Waals surface area contributed by atoms with Crippen LogP contribution in [0.3, 0.4) is 0 Å². The van der Waals surface area contributed by atoms with Crippen LogP contribution in [0, 0.1) is 19.8 Å². The summed E-state index contributed by atoms with van der Waals surface area (Å²) in [6.45, 7) is 10.9. The Bertz CT molecular complexity index is 1460. The van der Waals surface area contributed by atoms with Gasteiger partial charge in [0, 0.05) is 35.8 Å². The van der Waals surface area contributed by atoms with Crippen molar-refractivity contribution in [1.29, 1.82) is 0 Å². The monoisotopic (exact) mass is 579 g/mol. The molecule has 1 fully saturated rings. The van der Waals surface area contributed by atoms with E-state index in [1.54, 1.807) is 12.1 Å². The van der Waals surface area contributed by atoms with Gasteiger partial charge in [-0.3, -0.25) is 9.69 Å². The number of hydrogen-bond acceptors (Lipinski definition) is 8. The Kier molecular flexibility index (Phi) is 9.78. The molecule has 1 N–H and O–H groups in total. The molecular formula is C31H41N5O4S. The third kappa shape index (κ3) is 7.69. The maximum atomic E-state index is 13.3. The molecule has 1 aliphatic heterocycles. The molecule has 9 nitrogen and oxygen atoms in total. The minimum absolute atomic E-state index is 0.0502. The lowest BCUT2D eigenvalue weighted by Gasteiger charge is -2.34. The molecule has 1 saturated heterocycles. The number of likely N-dealkylation sites (tertiary alicyclic amines) is 1. The van der Waals surface area contributed by atoms with Crippen LogP contribution in [0.1, 0.15) is 48.2 Å². The van der Waals surface area contributed by atoms with Crippen LogP contribution < -0.4 is 9.46 Å². The van der Waals surface area contributed by atoms with Crippen molar-refractivity contribution >= 4 is 22.3 Å². The minimum Gasteiger partial charge on any atom is -0.476 e. The van der Waals surface area contributed by atoms with E-state index in [4.69, 9.17) is 4.74 Å². The van der Waals surface area contributed by atoms with E-state index < -0.39 is 10.0 Å². The molecule has 0 saturated carbocycles. The van der Waals surface area contributed by atoms with Gasteiger partial charge in [0.1, 0.15) is 12.9 Å². The van der Waals surface area contributed by atoms with E-state index in [0.29, 0.717) is 36.4 Å². The molecule has 2 atom stereocenters. The van der Waals surface area contributed by atoms with Crippen molar-refractivity contribution in [3.05, 3.63) is 65.2 Å². The van der Waals surface area contributed by atoms with Gasteiger partial charge < -0.3 is 9.64 Å². The van der Waals surface area contributed by atoms with E-state index in [1.807, 2.05) is 32.0 Å². The molecule has 1 aliphatic rings. The highest BCUT2D eigenvalue weighted by atomic mass is 32.2. The quantitative estimate of drug-likeness (QED) is 0.305. The van der Waals surface area contributed by atoms with Crippen LogP contribution in [0.15, 0.2) is 53.4 Å². The SMILES string of the molecule is Cc1cccc(C)c1-c1cc(OC[C@@H](CC(C)C)N(C)[C@H]2CCN(C)C2)nc(NS(=O)(=O)c2cccc(C=O)c2)n1.